The number of hydrogen-bond acceptors (Lipinski definition) is 4. The van der Waals surface area contributed by atoms with Gasteiger partial charge in [-0.2, -0.15) is 4.39 Å². The number of para-hydroxylation sites is 1. The fourth-order valence-electron chi connectivity index (χ4n) is 2.16. The van der Waals surface area contributed by atoms with Crippen molar-refractivity contribution in [1.82, 2.24) is 9.13 Å². The third-order valence-corrected chi connectivity index (χ3v) is 3.07. The molecule has 0 aliphatic carbocycles. The Morgan fingerprint density at radius 1 is 1.33 bits per heavy atom. The molecular formula is C14H11FN2O4. The van der Waals surface area contributed by atoms with Gasteiger partial charge in [-0.05, 0) is 12.1 Å². The van der Waals surface area contributed by atoms with E-state index in [2.05, 4.69) is 6.58 Å². The summed E-state index contributed by atoms with van der Waals surface area (Å²) in [5, 5.41) is 0. The number of fused-ring (bicyclic) bond motifs is 1. The van der Waals surface area contributed by atoms with E-state index in [0.717, 1.165) is 15.2 Å². The molecule has 0 fully saturated rings. The van der Waals surface area contributed by atoms with E-state index in [-0.39, 0.29) is 24.8 Å². The van der Waals surface area contributed by atoms with Crippen molar-refractivity contribution in [2.24, 2.45) is 0 Å². The van der Waals surface area contributed by atoms with Gasteiger partial charge >= 0.3 is 5.69 Å². The summed E-state index contributed by atoms with van der Waals surface area (Å²) < 4.78 is 25.9. The van der Waals surface area contributed by atoms with E-state index in [4.69, 9.17) is 9.47 Å². The van der Waals surface area contributed by atoms with Gasteiger partial charge in [-0.3, -0.25) is 9.36 Å². The molecule has 7 heteroatoms. The fraction of sp³-hybridized carbons (Fsp3) is 0.143. The van der Waals surface area contributed by atoms with Gasteiger partial charge in [0.2, 0.25) is 12.7 Å². The Morgan fingerprint density at radius 3 is 2.90 bits per heavy atom. The maximum absolute atomic E-state index is 13.7. The summed E-state index contributed by atoms with van der Waals surface area (Å²) in [6.45, 7) is 3.42. The Kier molecular flexibility index (Phi) is 3.09. The van der Waals surface area contributed by atoms with E-state index >= 15 is 0 Å². The van der Waals surface area contributed by atoms with Crippen LogP contribution in [0.2, 0.25) is 0 Å². The zero-order valence-electron chi connectivity index (χ0n) is 10.9. The molecule has 2 aromatic rings. The SMILES string of the molecule is C=CCn1c(F)cc(=O)n(-c2cccc3c2OCO3)c1=O. The van der Waals surface area contributed by atoms with Crippen LogP contribution in [0.3, 0.4) is 0 Å². The Balaban J connectivity index is 2.32. The maximum Gasteiger partial charge on any atom is 0.338 e. The highest BCUT2D eigenvalue weighted by Crippen LogP contribution is 2.36. The number of nitrogens with zero attached hydrogens (tertiary/aromatic N) is 2. The zero-order valence-corrected chi connectivity index (χ0v) is 10.9. The second-order valence-corrected chi connectivity index (χ2v) is 4.33. The number of rotatable bonds is 3. The highest BCUT2D eigenvalue weighted by molar-refractivity contribution is 5.56. The lowest BCUT2D eigenvalue weighted by Gasteiger charge is -2.11. The van der Waals surface area contributed by atoms with Gasteiger partial charge in [-0.1, -0.05) is 12.1 Å². The van der Waals surface area contributed by atoms with Crippen molar-refractivity contribution in [3.63, 3.8) is 0 Å². The van der Waals surface area contributed by atoms with Crippen LogP contribution in [0.15, 0.2) is 46.5 Å². The van der Waals surface area contributed by atoms with Crippen molar-refractivity contribution >= 4 is 0 Å². The van der Waals surface area contributed by atoms with Gasteiger partial charge in [-0.25, -0.2) is 9.36 Å². The predicted octanol–water partition coefficient (Wildman–Crippen LogP) is 1.05. The smallest absolute Gasteiger partial charge is 0.338 e. The Labute approximate surface area is 118 Å². The number of allylic oxidation sites excluding steroid dienone is 1. The van der Waals surface area contributed by atoms with E-state index < -0.39 is 17.2 Å². The highest BCUT2D eigenvalue weighted by Gasteiger charge is 2.22. The summed E-state index contributed by atoms with van der Waals surface area (Å²) in [4.78, 5) is 24.3. The summed E-state index contributed by atoms with van der Waals surface area (Å²) in [5.41, 5.74) is -1.36. The molecule has 3 rings (SSSR count). The molecule has 0 radical (unpaired) electrons. The number of benzene rings is 1. The van der Waals surface area contributed by atoms with Gasteiger partial charge in [0.1, 0.15) is 0 Å². The molecule has 0 amide bonds. The van der Waals surface area contributed by atoms with Crippen LogP contribution in [0.5, 0.6) is 11.5 Å². The summed E-state index contributed by atoms with van der Waals surface area (Å²) >= 11 is 0. The minimum Gasteiger partial charge on any atom is -0.454 e. The first-order valence-electron chi connectivity index (χ1n) is 6.15. The highest BCUT2D eigenvalue weighted by atomic mass is 19.1. The molecule has 0 saturated heterocycles. The van der Waals surface area contributed by atoms with Crippen LogP contribution in [0.1, 0.15) is 0 Å². The fourth-order valence-corrected chi connectivity index (χ4v) is 2.16. The van der Waals surface area contributed by atoms with Crippen molar-refractivity contribution in [2.75, 3.05) is 6.79 Å². The van der Waals surface area contributed by atoms with Crippen molar-refractivity contribution < 1.29 is 13.9 Å². The Bertz CT molecular complexity index is 838. The average molecular weight is 290 g/mol. The third-order valence-electron chi connectivity index (χ3n) is 3.07. The number of aromatic nitrogens is 2. The molecule has 0 atom stereocenters. The second-order valence-electron chi connectivity index (χ2n) is 4.33. The molecule has 1 aliphatic heterocycles. The van der Waals surface area contributed by atoms with E-state index in [0.29, 0.717) is 5.75 Å². The standard InChI is InChI=1S/C14H11FN2O4/c1-2-6-16-11(15)7-12(18)17(14(16)19)9-4-3-5-10-13(9)21-8-20-10/h2-5,7H,1,6,8H2. The first-order chi connectivity index (χ1) is 10.1. The van der Waals surface area contributed by atoms with Crippen molar-refractivity contribution in [1.29, 1.82) is 0 Å². The normalized spacial score (nSPS) is 12.4. The van der Waals surface area contributed by atoms with Crippen LogP contribution >= 0.6 is 0 Å². The molecule has 0 N–H and O–H groups in total. The van der Waals surface area contributed by atoms with Gasteiger partial charge in [0, 0.05) is 6.54 Å². The largest absolute Gasteiger partial charge is 0.454 e. The molecule has 1 aromatic carbocycles. The third kappa shape index (κ3) is 2.03. The first-order valence-corrected chi connectivity index (χ1v) is 6.15. The van der Waals surface area contributed by atoms with Gasteiger partial charge in [-0.15, -0.1) is 6.58 Å². The monoisotopic (exact) mass is 290 g/mol. The van der Waals surface area contributed by atoms with Crippen LogP contribution < -0.4 is 20.7 Å². The lowest BCUT2D eigenvalue weighted by atomic mass is 10.2. The molecule has 0 bridgehead atoms. The summed E-state index contributed by atoms with van der Waals surface area (Å²) in [6, 6.07) is 5.56. The molecule has 1 aliphatic rings. The zero-order chi connectivity index (χ0) is 15.0. The van der Waals surface area contributed by atoms with E-state index in [1.54, 1.807) is 12.1 Å². The lowest BCUT2D eigenvalue weighted by molar-refractivity contribution is 0.173. The molecule has 21 heavy (non-hydrogen) atoms. The molecule has 108 valence electrons. The molecule has 2 heterocycles. The molecule has 1 aromatic heterocycles. The average Bonchev–Trinajstić information content (AvgIpc) is 2.92. The van der Waals surface area contributed by atoms with Crippen LogP contribution in [0.25, 0.3) is 5.69 Å². The van der Waals surface area contributed by atoms with Gasteiger partial charge in [0.15, 0.2) is 11.5 Å². The van der Waals surface area contributed by atoms with Gasteiger partial charge in [0.25, 0.3) is 5.56 Å². The van der Waals surface area contributed by atoms with Crippen LogP contribution in [-0.4, -0.2) is 15.9 Å². The van der Waals surface area contributed by atoms with Crippen molar-refractivity contribution in [3.05, 3.63) is 63.7 Å². The quantitative estimate of drug-likeness (QED) is 0.626. The first kappa shape index (κ1) is 13.2. The Morgan fingerprint density at radius 2 is 2.14 bits per heavy atom. The lowest BCUT2D eigenvalue weighted by Crippen LogP contribution is -2.39. The van der Waals surface area contributed by atoms with E-state index in [9.17, 15) is 14.0 Å². The van der Waals surface area contributed by atoms with Gasteiger partial charge in [0.05, 0.1) is 11.8 Å². The molecule has 0 saturated carbocycles. The maximum atomic E-state index is 13.7. The van der Waals surface area contributed by atoms with Crippen molar-refractivity contribution in [2.45, 2.75) is 6.54 Å². The van der Waals surface area contributed by atoms with Crippen LogP contribution in [-0.2, 0) is 6.54 Å². The predicted molar refractivity (Wildman–Crippen MR) is 72.6 cm³/mol. The second kappa shape index (κ2) is 4.93. The summed E-state index contributed by atoms with van der Waals surface area (Å²) in [6.07, 6.45) is 1.37. The molecular weight excluding hydrogens is 279 g/mol. The van der Waals surface area contributed by atoms with E-state index in [1.165, 1.54) is 12.1 Å². The van der Waals surface area contributed by atoms with E-state index in [1.807, 2.05) is 0 Å². The minimum absolute atomic E-state index is 0.00312. The Hall–Kier alpha value is -2.83. The number of halogens is 1. The van der Waals surface area contributed by atoms with Crippen LogP contribution in [0, 0.1) is 5.95 Å². The minimum atomic E-state index is -0.911. The van der Waals surface area contributed by atoms with Crippen LogP contribution in [0.4, 0.5) is 4.39 Å². The number of ether oxygens (including phenoxy) is 2. The molecule has 6 nitrogen and oxygen atoms in total. The van der Waals surface area contributed by atoms with Gasteiger partial charge < -0.3 is 9.47 Å². The number of hydrogen-bond donors (Lipinski definition) is 0. The summed E-state index contributed by atoms with van der Waals surface area (Å²) in [5.74, 6) is -0.197. The summed E-state index contributed by atoms with van der Waals surface area (Å²) in [7, 11) is 0. The molecule has 0 unspecified atom stereocenters. The van der Waals surface area contributed by atoms with Crippen molar-refractivity contribution in [3.8, 4) is 17.2 Å². The molecule has 0 spiro atoms. The topological polar surface area (TPSA) is 62.5 Å².